The molecule has 0 aliphatic heterocycles. The molecule has 1 amide bonds. The molecule has 0 radical (unpaired) electrons. The number of carbonyl (C=O) groups excluding carboxylic acids is 1. The van der Waals surface area contributed by atoms with Crippen molar-refractivity contribution in [3.63, 3.8) is 0 Å². The summed E-state index contributed by atoms with van der Waals surface area (Å²) in [6, 6.07) is 2.96. The number of pyridine rings is 2. The highest BCUT2D eigenvalue weighted by Crippen LogP contribution is 2.21. The predicted octanol–water partition coefficient (Wildman–Crippen LogP) is 2.19. The van der Waals surface area contributed by atoms with E-state index in [4.69, 9.17) is 5.11 Å². The van der Waals surface area contributed by atoms with E-state index >= 15 is 0 Å². The highest BCUT2D eigenvalue weighted by molar-refractivity contribution is 9.10. The minimum atomic E-state index is -1.20. The third-order valence-electron chi connectivity index (χ3n) is 2.32. The Balaban J connectivity index is 2.31. The number of rotatable bonds is 3. The summed E-state index contributed by atoms with van der Waals surface area (Å²) in [5, 5.41) is 11.6. The first-order chi connectivity index (χ1) is 9.09. The van der Waals surface area contributed by atoms with Crippen molar-refractivity contribution < 1.29 is 14.7 Å². The van der Waals surface area contributed by atoms with E-state index in [9.17, 15) is 9.59 Å². The Hall–Kier alpha value is -2.28. The van der Waals surface area contributed by atoms with Gasteiger partial charge in [0.15, 0.2) is 0 Å². The molecule has 0 aliphatic carbocycles. The van der Waals surface area contributed by atoms with Gasteiger partial charge in [0, 0.05) is 24.8 Å². The molecular weight excluding hydrogens is 314 g/mol. The maximum atomic E-state index is 12.0. The second-order valence-corrected chi connectivity index (χ2v) is 4.39. The number of aromatic carboxylic acids is 1. The lowest BCUT2D eigenvalue weighted by Crippen LogP contribution is -2.17. The van der Waals surface area contributed by atoms with Crippen LogP contribution in [-0.2, 0) is 0 Å². The molecule has 0 spiro atoms. The fourth-order valence-corrected chi connectivity index (χ4v) is 1.78. The smallest absolute Gasteiger partial charge is 0.338 e. The van der Waals surface area contributed by atoms with Gasteiger partial charge in [0.25, 0.3) is 5.91 Å². The summed E-state index contributed by atoms with van der Waals surface area (Å²) in [6.45, 7) is 0. The van der Waals surface area contributed by atoms with Gasteiger partial charge in [-0.2, -0.15) is 0 Å². The minimum Gasteiger partial charge on any atom is -0.478 e. The maximum absolute atomic E-state index is 12.0. The first-order valence-corrected chi connectivity index (χ1v) is 5.97. The summed E-state index contributed by atoms with van der Waals surface area (Å²) in [4.78, 5) is 30.6. The Morgan fingerprint density at radius 2 is 1.79 bits per heavy atom. The topological polar surface area (TPSA) is 92.2 Å². The van der Waals surface area contributed by atoms with Gasteiger partial charge in [-0.05, 0) is 28.1 Å². The van der Waals surface area contributed by atoms with Gasteiger partial charge < -0.3 is 10.4 Å². The van der Waals surface area contributed by atoms with Crippen molar-refractivity contribution in [1.29, 1.82) is 0 Å². The van der Waals surface area contributed by atoms with Crippen molar-refractivity contribution in [2.24, 2.45) is 0 Å². The Bertz CT molecular complexity index is 646. The summed E-state index contributed by atoms with van der Waals surface area (Å²) < 4.78 is 0.606. The first-order valence-electron chi connectivity index (χ1n) is 5.18. The lowest BCUT2D eigenvalue weighted by molar-refractivity contribution is 0.0692. The van der Waals surface area contributed by atoms with Gasteiger partial charge in [-0.25, -0.2) is 4.79 Å². The van der Waals surface area contributed by atoms with E-state index in [2.05, 4.69) is 31.2 Å². The molecule has 19 heavy (non-hydrogen) atoms. The van der Waals surface area contributed by atoms with E-state index < -0.39 is 11.9 Å². The molecule has 0 atom stereocenters. The van der Waals surface area contributed by atoms with Gasteiger partial charge >= 0.3 is 5.97 Å². The van der Waals surface area contributed by atoms with Crippen LogP contribution < -0.4 is 5.32 Å². The molecule has 96 valence electrons. The van der Waals surface area contributed by atoms with Gasteiger partial charge in [0.05, 0.1) is 21.3 Å². The van der Waals surface area contributed by atoms with Crippen molar-refractivity contribution in [2.75, 3.05) is 5.32 Å². The van der Waals surface area contributed by atoms with Crippen molar-refractivity contribution in [3.8, 4) is 0 Å². The Labute approximate surface area is 116 Å². The summed E-state index contributed by atoms with van der Waals surface area (Å²) in [5.74, 6) is -1.72. The van der Waals surface area contributed by atoms with Crippen LogP contribution in [0.3, 0.4) is 0 Å². The van der Waals surface area contributed by atoms with Gasteiger partial charge in [0.2, 0.25) is 0 Å². The number of hydrogen-bond acceptors (Lipinski definition) is 4. The molecule has 2 aromatic heterocycles. The summed E-state index contributed by atoms with van der Waals surface area (Å²) in [5.41, 5.74) is 0.407. The van der Waals surface area contributed by atoms with Crippen LogP contribution in [0.5, 0.6) is 0 Å². The van der Waals surface area contributed by atoms with Crippen LogP contribution in [0.4, 0.5) is 5.69 Å². The number of hydrogen-bond donors (Lipinski definition) is 2. The fourth-order valence-electron chi connectivity index (χ4n) is 1.43. The molecule has 0 bridgehead atoms. The lowest BCUT2D eigenvalue weighted by atomic mass is 10.1. The zero-order chi connectivity index (χ0) is 13.8. The molecule has 6 nitrogen and oxygen atoms in total. The highest BCUT2D eigenvalue weighted by atomic mass is 79.9. The summed E-state index contributed by atoms with van der Waals surface area (Å²) in [6.07, 6.45) is 5.55. The first kappa shape index (κ1) is 13.2. The number of aromatic nitrogens is 2. The second kappa shape index (κ2) is 5.57. The van der Waals surface area contributed by atoms with Crippen molar-refractivity contribution in [2.45, 2.75) is 0 Å². The van der Waals surface area contributed by atoms with Crippen LogP contribution in [0.15, 0.2) is 41.4 Å². The molecule has 0 unspecified atom stereocenters. The number of nitrogens with zero attached hydrogens (tertiary/aromatic N) is 2. The van der Waals surface area contributed by atoms with Crippen molar-refractivity contribution >= 4 is 33.5 Å². The Kier molecular flexibility index (Phi) is 3.86. The normalized spacial score (nSPS) is 9.95. The third-order valence-corrected chi connectivity index (χ3v) is 2.95. The summed E-state index contributed by atoms with van der Waals surface area (Å²) in [7, 11) is 0. The molecule has 2 N–H and O–H groups in total. The van der Waals surface area contributed by atoms with Crippen molar-refractivity contribution in [1.82, 2.24) is 9.97 Å². The molecule has 0 saturated heterocycles. The number of halogens is 1. The van der Waals surface area contributed by atoms with E-state index in [-0.39, 0.29) is 11.1 Å². The van der Waals surface area contributed by atoms with Crippen molar-refractivity contribution in [3.05, 3.63) is 52.5 Å². The zero-order valence-corrected chi connectivity index (χ0v) is 11.1. The molecule has 0 aliphatic rings. The van der Waals surface area contributed by atoms with Gasteiger partial charge in [0.1, 0.15) is 0 Å². The monoisotopic (exact) mass is 321 g/mol. The Morgan fingerprint density at radius 1 is 1.11 bits per heavy atom. The quantitative estimate of drug-likeness (QED) is 0.904. The molecular formula is C12H8BrN3O3. The van der Waals surface area contributed by atoms with Crippen LogP contribution in [-0.4, -0.2) is 27.0 Å². The summed E-state index contributed by atoms with van der Waals surface area (Å²) >= 11 is 3.24. The van der Waals surface area contributed by atoms with E-state index in [1.54, 1.807) is 6.07 Å². The van der Waals surface area contributed by atoms with Crippen LogP contribution in [0.25, 0.3) is 0 Å². The van der Waals surface area contributed by atoms with Gasteiger partial charge in [-0.15, -0.1) is 0 Å². The SMILES string of the molecule is O=C(O)c1cnccc1C(=O)Nc1ccncc1Br. The number of carboxylic acids is 1. The maximum Gasteiger partial charge on any atom is 0.338 e. The second-order valence-electron chi connectivity index (χ2n) is 3.54. The molecule has 2 aromatic rings. The van der Waals surface area contributed by atoms with Crippen LogP contribution in [0.2, 0.25) is 0 Å². The third kappa shape index (κ3) is 2.94. The van der Waals surface area contributed by atoms with Crippen LogP contribution in [0, 0.1) is 0 Å². The van der Waals surface area contributed by atoms with E-state index in [0.717, 1.165) is 6.20 Å². The molecule has 0 fully saturated rings. The van der Waals surface area contributed by atoms with E-state index in [0.29, 0.717) is 10.2 Å². The predicted molar refractivity (Wildman–Crippen MR) is 71.1 cm³/mol. The molecule has 2 heterocycles. The molecule has 0 saturated carbocycles. The standard InChI is InChI=1S/C12H8BrN3O3/c13-9-6-15-4-2-10(9)16-11(17)7-1-3-14-5-8(7)12(18)19/h1-6H,(H,18,19)(H,15,16,17). The van der Waals surface area contributed by atoms with Crippen LogP contribution in [0.1, 0.15) is 20.7 Å². The van der Waals surface area contributed by atoms with Gasteiger partial charge in [-0.3, -0.25) is 14.8 Å². The number of carboxylic acid groups (broad SMARTS) is 1. The van der Waals surface area contributed by atoms with E-state index in [1.807, 2.05) is 0 Å². The highest BCUT2D eigenvalue weighted by Gasteiger charge is 2.17. The Morgan fingerprint density at radius 3 is 2.47 bits per heavy atom. The van der Waals surface area contributed by atoms with Crippen LogP contribution >= 0.6 is 15.9 Å². The largest absolute Gasteiger partial charge is 0.478 e. The number of nitrogens with one attached hydrogen (secondary N) is 1. The number of anilines is 1. The fraction of sp³-hybridized carbons (Fsp3) is 0. The van der Waals surface area contributed by atoms with E-state index in [1.165, 1.54) is 24.7 Å². The molecule has 0 aromatic carbocycles. The average molecular weight is 322 g/mol. The van der Waals surface area contributed by atoms with Gasteiger partial charge in [-0.1, -0.05) is 0 Å². The molecule has 2 rings (SSSR count). The lowest BCUT2D eigenvalue weighted by Gasteiger charge is -2.08. The minimum absolute atomic E-state index is 0.0474. The zero-order valence-electron chi connectivity index (χ0n) is 9.50. The molecule has 7 heteroatoms. The average Bonchev–Trinajstić information content (AvgIpc) is 2.41. The number of carbonyl (C=O) groups is 2. The number of amides is 1.